The maximum absolute atomic E-state index is 13.6. The first-order valence-electron chi connectivity index (χ1n) is 11.8. The number of rotatable bonds is 8. The Morgan fingerprint density at radius 3 is 2.44 bits per heavy atom. The Bertz CT molecular complexity index is 1000. The van der Waals surface area contributed by atoms with Crippen LogP contribution in [0.3, 0.4) is 0 Å². The van der Waals surface area contributed by atoms with E-state index in [2.05, 4.69) is 50.5 Å². The highest BCUT2D eigenvalue weighted by Crippen LogP contribution is 2.38. The highest BCUT2D eigenvalue weighted by Gasteiger charge is 2.35. The van der Waals surface area contributed by atoms with Gasteiger partial charge in [0.25, 0.3) is 0 Å². The first-order chi connectivity index (χ1) is 15.8. The van der Waals surface area contributed by atoms with E-state index in [-0.39, 0.29) is 24.3 Å². The second-order valence-electron chi connectivity index (χ2n) is 10.7. The minimum atomic E-state index is -0.976. The van der Waals surface area contributed by atoms with Crippen molar-refractivity contribution in [2.75, 3.05) is 13.2 Å². The molecule has 0 aliphatic carbocycles. The third-order valence-electron chi connectivity index (χ3n) is 6.16. The third-order valence-corrected chi connectivity index (χ3v) is 6.16. The molecule has 1 heterocycles. The zero-order valence-corrected chi connectivity index (χ0v) is 20.7. The Morgan fingerprint density at radius 2 is 1.82 bits per heavy atom. The van der Waals surface area contributed by atoms with Gasteiger partial charge in [-0.1, -0.05) is 32.9 Å². The van der Waals surface area contributed by atoms with Crippen LogP contribution in [0.2, 0.25) is 0 Å². The number of nitrogens with one attached hydrogen (secondary N) is 2. The van der Waals surface area contributed by atoms with Crippen molar-refractivity contribution >= 4 is 5.91 Å². The first kappa shape index (κ1) is 26.1. The van der Waals surface area contributed by atoms with Crippen molar-refractivity contribution in [1.82, 2.24) is 10.6 Å². The van der Waals surface area contributed by atoms with Gasteiger partial charge < -0.3 is 20.5 Å². The van der Waals surface area contributed by atoms with Crippen LogP contribution in [0.1, 0.15) is 57.7 Å². The zero-order valence-electron chi connectivity index (χ0n) is 20.7. The summed E-state index contributed by atoms with van der Waals surface area (Å²) >= 11 is 0. The summed E-state index contributed by atoms with van der Waals surface area (Å²) in [6.45, 7) is 10.8. The number of aliphatic hydroxyl groups excluding tert-OH is 1. The Labute approximate surface area is 200 Å². The van der Waals surface area contributed by atoms with Gasteiger partial charge in [0.05, 0.1) is 18.8 Å². The maximum Gasteiger partial charge on any atom is 0.217 e. The molecular weight excluding hydrogens is 438 g/mol. The summed E-state index contributed by atoms with van der Waals surface area (Å²) in [5.74, 6) is -0.888. The minimum absolute atomic E-state index is 0.100. The fourth-order valence-corrected chi connectivity index (χ4v) is 4.54. The van der Waals surface area contributed by atoms with E-state index in [9.17, 15) is 18.7 Å². The van der Waals surface area contributed by atoms with Crippen LogP contribution in [0.25, 0.3) is 0 Å². The molecule has 186 valence electrons. The van der Waals surface area contributed by atoms with Crippen LogP contribution in [0.5, 0.6) is 5.75 Å². The van der Waals surface area contributed by atoms with Gasteiger partial charge in [-0.25, -0.2) is 8.78 Å². The highest BCUT2D eigenvalue weighted by atomic mass is 19.1. The first-order valence-corrected chi connectivity index (χ1v) is 11.8. The summed E-state index contributed by atoms with van der Waals surface area (Å²) < 4.78 is 33.2. The van der Waals surface area contributed by atoms with Crippen molar-refractivity contribution in [3.8, 4) is 5.75 Å². The second-order valence-corrected chi connectivity index (χ2v) is 10.7. The summed E-state index contributed by atoms with van der Waals surface area (Å²) in [6, 6.07) is 8.78. The summed E-state index contributed by atoms with van der Waals surface area (Å²) in [5, 5.41) is 17.2. The second kappa shape index (κ2) is 10.4. The summed E-state index contributed by atoms with van der Waals surface area (Å²) in [7, 11) is 0. The van der Waals surface area contributed by atoms with Gasteiger partial charge in [0.1, 0.15) is 17.4 Å². The molecule has 0 aromatic heterocycles. The van der Waals surface area contributed by atoms with Gasteiger partial charge in [-0.2, -0.15) is 0 Å². The normalized spacial score (nSPS) is 19.6. The molecule has 3 N–H and O–H groups in total. The SMILES string of the molecule is CC(=O)NC(Cc1cc(F)cc(F)c1)C(O)CNC1(C)CCOc2ccc(CC(C)(C)C)cc21. The van der Waals surface area contributed by atoms with Crippen LogP contribution in [0.15, 0.2) is 36.4 Å². The molecule has 1 amide bonds. The van der Waals surface area contributed by atoms with Crippen molar-refractivity contribution in [2.24, 2.45) is 5.41 Å². The van der Waals surface area contributed by atoms with Gasteiger partial charge in [-0.15, -0.1) is 0 Å². The van der Waals surface area contributed by atoms with Gasteiger partial charge in [-0.05, 0) is 54.5 Å². The van der Waals surface area contributed by atoms with Gasteiger partial charge in [-0.3, -0.25) is 4.79 Å². The Hall–Kier alpha value is -2.51. The van der Waals surface area contributed by atoms with E-state index in [4.69, 9.17) is 4.74 Å². The van der Waals surface area contributed by atoms with E-state index in [1.165, 1.54) is 24.6 Å². The molecule has 0 bridgehead atoms. The summed E-state index contributed by atoms with van der Waals surface area (Å²) in [4.78, 5) is 11.8. The van der Waals surface area contributed by atoms with E-state index in [1.54, 1.807) is 0 Å². The highest BCUT2D eigenvalue weighted by molar-refractivity contribution is 5.73. The average Bonchev–Trinajstić information content (AvgIpc) is 2.70. The molecule has 2 aromatic carbocycles. The van der Waals surface area contributed by atoms with E-state index in [0.29, 0.717) is 18.6 Å². The molecule has 3 rings (SSSR count). The molecule has 34 heavy (non-hydrogen) atoms. The number of halogens is 2. The van der Waals surface area contributed by atoms with Gasteiger partial charge >= 0.3 is 0 Å². The van der Waals surface area contributed by atoms with Gasteiger partial charge in [0.15, 0.2) is 0 Å². The molecule has 2 aromatic rings. The van der Waals surface area contributed by atoms with Crippen LogP contribution in [0, 0.1) is 17.0 Å². The molecule has 0 radical (unpaired) electrons. The average molecular weight is 475 g/mol. The topological polar surface area (TPSA) is 70.6 Å². The van der Waals surface area contributed by atoms with Crippen molar-refractivity contribution in [2.45, 2.75) is 71.6 Å². The quantitative estimate of drug-likeness (QED) is 0.535. The lowest BCUT2D eigenvalue weighted by Crippen LogP contribution is -2.52. The molecule has 0 spiro atoms. The fraction of sp³-hybridized carbons (Fsp3) is 0.519. The van der Waals surface area contributed by atoms with Gasteiger partial charge in [0.2, 0.25) is 5.91 Å². The predicted octanol–water partition coefficient (Wildman–Crippen LogP) is 4.25. The molecule has 0 fully saturated rings. The van der Waals surface area contributed by atoms with E-state index < -0.39 is 29.3 Å². The van der Waals surface area contributed by atoms with Crippen molar-refractivity contribution < 1.29 is 23.4 Å². The molecule has 1 aliphatic heterocycles. The Balaban J connectivity index is 1.76. The van der Waals surface area contributed by atoms with Crippen molar-refractivity contribution in [3.63, 3.8) is 0 Å². The maximum atomic E-state index is 13.6. The number of benzene rings is 2. The van der Waals surface area contributed by atoms with Crippen molar-refractivity contribution in [1.29, 1.82) is 0 Å². The van der Waals surface area contributed by atoms with E-state index in [1.807, 2.05) is 6.07 Å². The number of hydrogen-bond donors (Lipinski definition) is 3. The molecule has 0 saturated carbocycles. The van der Waals surface area contributed by atoms with Crippen LogP contribution < -0.4 is 15.4 Å². The van der Waals surface area contributed by atoms with Gasteiger partial charge in [0, 0.05) is 37.1 Å². The number of carbonyl (C=O) groups excluding carboxylic acids is 1. The summed E-state index contributed by atoms with van der Waals surface area (Å²) in [5.41, 5.74) is 2.33. The number of amides is 1. The number of carbonyl (C=O) groups is 1. The van der Waals surface area contributed by atoms with Crippen LogP contribution in [0.4, 0.5) is 8.78 Å². The lowest BCUT2D eigenvalue weighted by atomic mass is 9.82. The Morgan fingerprint density at radius 1 is 1.15 bits per heavy atom. The number of aliphatic hydroxyl groups is 1. The lowest BCUT2D eigenvalue weighted by molar-refractivity contribution is -0.120. The number of fused-ring (bicyclic) bond motifs is 1. The Kier molecular flexibility index (Phi) is 7.98. The molecule has 3 atom stereocenters. The molecular formula is C27H36F2N2O3. The molecule has 1 aliphatic rings. The standard InChI is InChI=1S/C27H36F2N2O3/c1-17(32)31-23(13-19-10-20(28)14-21(29)11-19)24(33)16-30-27(5)8-9-34-25-7-6-18(12-22(25)27)15-26(2,3)4/h6-7,10-12,14,23-24,30,33H,8-9,13,15-16H2,1-5H3,(H,31,32). The van der Waals surface area contributed by atoms with Crippen LogP contribution >= 0.6 is 0 Å². The third kappa shape index (κ3) is 7.00. The molecule has 7 heteroatoms. The summed E-state index contributed by atoms with van der Waals surface area (Å²) in [6.07, 6.45) is 0.763. The molecule has 3 unspecified atom stereocenters. The minimum Gasteiger partial charge on any atom is -0.493 e. The monoisotopic (exact) mass is 474 g/mol. The van der Waals surface area contributed by atoms with E-state index >= 15 is 0 Å². The van der Waals surface area contributed by atoms with Crippen LogP contribution in [-0.2, 0) is 23.2 Å². The van der Waals surface area contributed by atoms with Crippen molar-refractivity contribution in [3.05, 3.63) is 64.7 Å². The number of ether oxygens (including phenoxy) is 1. The fourth-order valence-electron chi connectivity index (χ4n) is 4.54. The van der Waals surface area contributed by atoms with E-state index in [0.717, 1.165) is 23.8 Å². The zero-order chi connectivity index (χ0) is 25.1. The lowest BCUT2D eigenvalue weighted by Gasteiger charge is -2.38. The molecule has 5 nitrogen and oxygen atoms in total. The smallest absolute Gasteiger partial charge is 0.217 e. The van der Waals surface area contributed by atoms with Crippen LogP contribution in [-0.4, -0.2) is 36.3 Å². The largest absolute Gasteiger partial charge is 0.493 e. The molecule has 0 saturated heterocycles. The predicted molar refractivity (Wildman–Crippen MR) is 129 cm³/mol. The number of hydrogen-bond acceptors (Lipinski definition) is 4.